The average Bonchev–Trinajstić information content (AvgIpc) is 2.41. The van der Waals surface area contributed by atoms with E-state index in [1.165, 1.54) is 23.1 Å². The number of hydrogen-bond donors (Lipinski definition) is 2. The second-order valence-electron chi connectivity index (χ2n) is 6.65. The quantitative estimate of drug-likeness (QED) is 0.763. The molecule has 1 fully saturated rings. The smallest absolute Gasteiger partial charge is 0.410 e. The number of carbonyl (C=O) groups is 3. The van der Waals surface area contributed by atoms with Crippen molar-refractivity contribution in [2.24, 2.45) is 5.92 Å². The zero-order valence-corrected chi connectivity index (χ0v) is 15.6. The van der Waals surface area contributed by atoms with Crippen molar-refractivity contribution in [3.8, 4) is 0 Å². The summed E-state index contributed by atoms with van der Waals surface area (Å²) in [6.07, 6.45) is -0.464. The maximum Gasteiger partial charge on any atom is 0.410 e. The molecular weight excluding hydrogens is 369 g/mol. The Morgan fingerprint density at radius 2 is 1.80 bits per heavy atom. The number of hydrogen-bond acceptors (Lipinski definition) is 4. The predicted octanol–water partition coefficient (Wildman–Crippen LogP) is 2.62. The summed E-state index contributed by atoms with van der Waals surface area (Å²) in [4.78, 5) is 37.2. The third-order valence-electron chi connectivity index (χ3n) is 3.38. The minimum Gasteiger partial charge on any atom is -0.444 e. The van der Waals surface area contributed by atoms with Crippen LogP contribution in [0.5, 0.6) is 0 Å². The lowest BCUT2D eigenvalue weighted by atomic mass is 10.0. The zero-order valence-electron chi connectivity index (χ0n) is 14.1. The van der Waals surface area contributed by atoms with Crippen molar-refractivity contribution in [2.75, 3.05) is 13.1 Å². The number of nitrogens with zero attached hydrogens (tertiary/aromatic N) is 1. The minimum absolute atomic E-state index is 0.180. The highest BCUT2D eigenvalue weighted by atomic mass is 35.5. The van der Waals surface area contributed by atoms with Crippen LogP contribution in [-0.2, 0) is 9.53 Å². The molecule has 0 atom stereocenters. The largest absolute Gasteiger partial charge is 0.444 e. The van der Waals surface area contributed by atoms with Crippen LogP contribution < -0.4 is 10.9 Å². The first-order valence-electron chi connectivity index (χ1n) is 7.60. The van der Waals surface area contributed by atoms with Gasteiger partial charge >= 0.3 is 6.09 Å². The van der Waals surface area contributed by atoms with Gasteiger partial charge in [-0.15, -0.1) is 0 Å². The third kappa shape index (κ3) is 5.24. The molecule has 0 aromatic heterocycles. The summed E-state index contributed by atoms with van der Waals surface area (Å²) < 4.78 is 5.21. The molecule has 0 saturated carbocycles. The average molecular weight is 388 g/mol. The van der Waals surface area contributed by atoms with Gasteiger partial charge in [0.2, 0.25) is 5.91 Å². The van der Waals surface area contributed by atoms with Gasteiger partial charge in [0, 0.05) is 18.1 Å². The summed E-state index contributed by atoms with van der Waals surface area (Å²) in [5.74, 6) is -1.36. The van der Waals surface area contributed by atoms with E-state index >= 15 is 0 Å². The minimum atomic E-state index is -0.587. The molecule has 9 heteroatoms. The highest BCUT2D eigenvalue weighted by Crippen LogP contribution is 2.21. The highest BCUT2D eigenvalue weighted by Gasteiger charge is 2.38. The maximum absolute atomic E-state index is 12.0. The van der Waals surface area contributed by atoms with Crippen LogP contribution in [0, 0.1) is 5.92 Å². The monoisotopic (exact) mass is 387 g/mol. The van der Waals surface area contributed by atoms with Crippen molar-refractivity contribution in [1.82, 2.24) is 15.8 Å². The summed E-state index contributed by atoms with van der Waals surface area (Å²) in [6, 6.07) is 4.42. The van der Waals surface area contributed by atoms with E-state index in [-0.39, 0.29) is 23.7 Å². The summed E-state index contributed by atoms with van der Waals surface area (Å²) in [6.45, 7) is 5.78. The lowest BCUT2D eigenvalue weighted by molar-refractivity contribution is -0.130. The summed E-state index contributed by atoms with van der Waals surface area (Å²) >= 11 is 11.7. The van der Waals surface area contributed by atoms with Crippen LogP contribution in [0.4, 0.5) is 4.79 Å². The van der Waals surface area contributed by atoms with Crippen LogP contribution in [0.3, 0.4) is 0 Å². The highest BCUT2D eigenvalue weighted by molar-refractivity contribution is 6.36. The molecule has 1 aromatic rings. The van der Waals surface area contributed by atoms with Crippen LogP contribution >= 0.6 is 23.2 Å². The number of ether oxygens (including phenoxy) is 1. The molecule has 3 amide bonds. The SMILES string of the molecule is CC(C)(C)OC(=O)N1CC(C(=O)NNC(=O)c2ccc(Cl)cc2Cl)C1. The van der Waals surface area contributed by atoms with E-state index in [0.29, 0.717) is 5.02 Å². The summed E-state index contributed by atoms with van der Waals surface area (Å²) in [5, 5.41) is 0.585. The normalized spacial score (nSPS) is 14.5. The van der Waals surface area contributed by atoms with Gasteiger partial charge in [0.25, 0.3) is 5.91 Å². The van der Waals surface area contributed by atoms with Gasteiger partial charge in [-0.05, 0) is 39.0 Å². The number of nitrogens with one attached hydrogen (secondary N) is 2. The second kappa shape index (κ2) is 7.49. The van der Waals surface area contributed by atoms with Gasteiger partial charge in [0.15, 0.2) is 0 Å². The fraction of sp³-hybridized carbons (Fsp3) is 0.438. The first-order valence-corrected chi connectivity index (χ1v) is 8.35. The van der Waals surface area contributed by atoms with Crippen LogP contribution in [0.25, 0.3) is 0 Å². The number of likely N-dealkylation sites (tertiary alicyclic amines) is 1. The summed E-state index contributed by atoms with van der Waals surface area (Å²) in [5.41, 5.74) is 4.22. The fourth-order valence-corrected chi connectivity index (χ4v) is 2.58. The lowest BCUT2D eigenvalue weighted by Crippen LogP contribution is -2.58. The molecule has 0 unspecified atom stereocenters. The lowest BCUT2D eigenvalue weighted by Gasteiger charge is -2.38. The van der Waals surface area contributed by atoms with Gasteiger partial charge in [-0.1, -0.05) is 23.2 Å². The van der Waals surface area contributed by atoms with Crippen LogP contribution in [0.1, 0.15) is 31.1 Å². The first kappa shape index (κ1) is 19.3. The van der Waals surface area contributed by atoms with Crippen LogP contribution in [0.2, 0.25) is 10.0 Å². The Morgan fingerprint density at radius 3 is 2.36 bits per heavy atom. The van der Waals surface area contributed by atoms with E-state index in [1.54, 1.807) is 20.8 Å². The topological polar surface area (TPSA) is 87.7 Å². The number of hydrazine groups is 1. The van der Waals surface area contributed by atoms with E-state index in [9.17, 15) is 14.4 Å². The van der Waals surface area contributed by atoms with Crippen LogP contribution in [-0.4, -0.2) is 41.5 Å². The number of benzene rings is 1. The van der Waals surface area contributed by atoms with E-state index < -0.39 is 29.4 Å². The molecule has 1 aliphatic heterocycles. The molecule has 2 N–H and O–H groups in total. The van der Waals surface area contributed by atoms with Gasteiger partial charge in [-0.3, -0.25) is 20.4 Å². The standard InChI is InChI=1S/C16H19Cl2N3O4/c1-16(2,3)25-15(24)21-7-9(8-21)13(22)19-20-14(23)11-5-4-10(17)6-12(11)18/h4-6,9H,7-8H2,1-3H3,(H,19,22)(H,20,23). The molecule has 0 aliphatic carbocycles. The molecule has 1 saturated heterocycles. The molecular formula is C16H19Cl2N3O4. The van der Waals surface area contributed by atoms with E-state index in [1.807, 2.05) is 0 Å². The van der Waals surface area contributed by atoms with Gasteiger partial charge in [0.1, 0.15) is 5.60 Å². The van der Waals surface area contributed by atoms with Crippen molar-refractivity contribution >= 4 is 41.1 Å². The van der Waals surface area contributed by atoms with Gasteiger partial charge in [-0.2, -0.15) is 0 Å². The molecule has 7 nitrogen and oxygen atoms in total. The van der Waals surface area contributed by atoms with Crippen LogP contribution in [0.15, 0.2) is 18.2 Å². The van der Waals surface area contributed by atoms with E-state index in [4.69, 9.17) is 27.9 Å². The Kier molecular flexibility index (Phi) is 5.80. The third-order valence-corrected chi connectivity index (χ3v) is 3.93. The molecule has 1 aromatic carbocycles. The van der Waals surface area contributed by atoms with Gasteiger partial charge in [0.05, 0.1) is 16.5 Å². The number of halogens is 2. The molecule has 0 bridgehead atoms. The predicted molar refractivity (Wildman–Crippen MR) is 93.4 cm³/mol. The molecule has 0 radical (unpaired) electrons. The van der Waals surface area contributed by atoms with Crippen molar-refractivity contribution in [3.05, 3.63) is 33.8 Å². The zero-order chi connectivity index (χ0) is 18.8. The number of rotatable bonds is 2. The number of carbonyl (C=O) groups excluding carboxylic acids is 3. The van der Waals surface area contributed by atoms with E-state index in [0.717, 1.165) is 0 Å². The molecule has 25 heavy (non-hydrogen) atoms. The first-order chi connectivity index (χ1) is 11.6. The van der Waals surface area contributed by atoms with Crippen molar-refractivity contribution in [1.29, 1.82) is 0 Å². The molecule has 136 valence electrons. The maximum atomic E-state index is 12.0. The Hall–Kier alpha value is -1.99. The summed E-state index contributed by atoms with van der Waals surface area (Å²) in [7, 11) is 0. The molecule has 2 rings (SSSR count). The Labute approximate surface area is 155 Å². The second-order valence-corrected chi connectivity index (χ2v) is 7.49. The van der Waals surface area contributed by atoms with Gasteiger partial charge in [-0.25, -0.2) is 4.79 Å². The molecule has 0 spiro atoms. The van der Waals surface area contributed by atoms with Crippen molar-refractivity contribution in [3.63, 3.8) is 0 Å². The molecule has 1 aliphatic rings. The van der Waals surface area contributed by atoms with Gasteiger partial charge < -0.3 is 9.64 Å². The Balaban J connectivity index is 1.78. The Bertz CT molecular complexity index is 697. The van der Waals surface area contributed by atoms with Crippen molar-refractivity contribution in [2.45, 2.75) is 26.4 Å². The number of amides is 3. The van der Waals surface area contributed by atoms with Crippen molar-refractivity contribution < 1.29 is 19.1 Å². The Morgan fingerprint density at radius 1 is 1.16 bits per heavy atom. The van der Waals surface area contributed by atoms with E-state index in [2.05, 4.69) is 10.9 Å². The molecule has 1 heterocycles. The fourth-order valence-electron chi connectivity index (χ4n) is 2.08.